The fourth-order valence-corrected chi connectivity index (χ4v) is 4.01. The second kappa shape index (κ2) is 19.2. The van der Waals surface area contributed by atoms with E-state index in [9.17, 15) is 5.11 Å². The molecule has 0 radical (unpaired) electrons. The van der Waals surface area contributed by atoms with Crippen molar-refractivity contribution in [2.45, 2.75) is 97.0 Å². The van der Waals surface area contributed by atoms with Crippen molar-refractivity contribution in [1.82, 2.24) is 4.90 Å². The summed E-state index contributed by atoms with van der Waals surface area (Å²) in [5, 5.41) is 11.5. The lowest BCUT2D eigenvalue weighted by Crippen LogP contribution is -2.31. The van der Waals surface area contributed by atoms with Crippen LogP contribution in [0.1, 0.15) is 103 Å². The van der Waals surface area contributed by atoms with Gasteiger partial charge in [0.05, 0.1) is 13.2 Å². The Bertz CT molecular complexity index is 512. The predicted molar refractivity (Wildman–Crippen MR) is 133 cm³/mol. The average Bonchev–Trinajstić information content (AvgIpc) is 2.72. The molecule has 1 atom stereocenters. The number of methoxy groups -OCH3 is 1. The van der Waals surface area contributed by atoms with Crippen LogP contribution >= 0.6 is 24.0 Å². The molecule has 0 saturated heterocycles. The summed E-state index contributed by atoms with van der Waals surface area (Å²) in [4.78, 5) is 2.44. The van der Waals surface area contributed by atoms with E-state index in [1.54, 1.807) is 13.2 Å². The van der Waals surface area contributed by atoms with Crippen molar-refractivity contribution in [2.24, 2.45) is 0 Å². The zero-order valence-corrected chi connectivity index (χ0v) is 21.1. The summed E-state index contributed by atoms with van der Waals surface area (Å²) < 4.78 is 5.44. The number of ether oxygens (including phenoxy) is 1. The summed E-state index contributed by atoms with van der Waals surface area (Å²) >= 11 is 6.16. The highest BCUT2D eigenvalue weighted by Gasteiger charge is 2.17. The highest BCUT2D eigenvalue weighted by Crippen LogP contribution is 2.29. The molecule has 5 heteroatoms. The Labute approximate surface area is 196 Å². The van der Waals surface area contributed by atoms with Gasteiger partial charge in [-0.25, -0.2) is 0 Å². The number of unbranched alkanes of at least 4 members (excludes halogenated alkanes) is 10. The Hall–Kier alpha value is -0.480. The fourth-order valence-electron chi connectivity index (χ4n) is 3.83. The largest absolute Gasteiger partial charge is 0.496 e. The van der Waals surface area contributed by atoms with Crippen LogP contribution in [0.4, 0.5) is 0 Å². The molecule has 1 unspecified atom stereocenters. The van der Waals surface area contributed by atoms with Crippen molar-refractivity contribution >= 4 is 24.0 Å². The van der Waals surface area contributed by atoms with E-state index < -0.39 is 6.10 Å². The van der Waals surface area contributed by atoms with Crippen molar-refractivity contribution in [3.8, 4) is 5.75 Å². The first kappa shape index (κ1) is 29.5. The second-order valence-electron chi connectivity index (χ2n) is 8.24. The summed E-state index contributed by atoms with van der Waals surface area (Å²) in [6.45, 7) is 7.27. The zero-order valence-electron chi connectivity index (χ0n) is 19.5. The molecule has 3 nitrogen and oxygen atoms in total. The molecule has 0 spiro atoms. The number of benzene rings is 1. The quantitative estimate of drug-likeness (QED) is 0.226. The number of hydrogen-bond acceptors (Lipinski definition) is 3. The van der Waals surface area contributed by atoms with E-state index in [1.165, 1.54) is 77.0 Å². The lowest BCUT2D eigenvalue weighted by Gasteiger charge is -2.26. The molecule has 0 aliphatic heterocycles. The fraction of sp³-hybridized carbons (Fsp3) is 0.760. The van der Waals surface area contributed by atoms with Gasteiger partial charge >= 0.3 is 0 Å². The van der Waals surface area contributed by atoms with Gasteiger partial charge in [-0.3, -0.25) is 0 Å². The lowest BCUT2D eigenvalue weighted by molar-refractivity contribution is 0.108. The highest BCUT2D eigenvalue weighted by molar-refractivity contribution is 6.30. The maximum Gasteiger partial charge on any atom is 0.124 e. The molecule has 0 amide bonds. The molecule has 0 aliphatic rings. The van der Waals surface area contributed by atoms with Gasteiger partial charge in [0, 0.05) is 17.1 Å². The van der Waals surface area contributed by atoms with Gasteiger partial charge in [-0.05, 0) is 44.1 Å². The van der Waals surface area contributed by atoms with Crippen LogP contribution in [0, 0.1) is 0 Å². The van der Waals surface area contributed by atoms with Crippen molar-refractivity contribution in [3.05, 3.63) is 28.8 Å². The van der Waals surface area contributed by atoms with Crippen molar-refractivity contribution in [1.29, 1.82) is 0 Å². The van der Waals surface area contributed by atoms with Gasteiger partial charge in [0.1, 0.15) is 5.75 Å². The number of nitrogens with zero attached hydrogens (tertiary/aromatic N) is 1. The average molecular weight is 463 g/mol. The molecule has 0 aromatic heterocycles. The first-order valence-electron chi connectivity index (χ1n) is 11.9. The van der Waals surface area contributed by atoms with Crippen LogP contribution in [-0.4, -0.2) is 36.8 Å². The minimum absolute atomic E-state index is 0. The molecule has 0 aliphatic carbocycles. The lowest BCUT2D eigenvalue weighted by atomic mass is 10.1. The van der Waals surface area contributed by atoms with E-state index in [4.69, 9.17) is 16.3 Å². The zero-order chi connectivity index (χ0) is 21.3. The Morgan fingerprint density at radius 2 is 1.37 bits per heavy atom. The normalized spacial score (nSPS) is 12.1. The van der Waals surface area contributed by atoms with Crippen molar-refractivity contribution in [2.75, 3.05) is 26.7 Å². The number of halogens is 2. The SMILES string of the molecule is CCCCCCCCN(CCCCCCCC)CC(O)c1cc(Cl)ccc1OC.Cl. The Morgan fingerprint density at radius 3 is 1.87 bits per heavy atom. The molecular formula is C25H45Cl2NO2. The third-order valence-corrected chi connectivity index (χ3v) is 5.87. The van der Waals surface area contributed by atoms with Gasteiger partial charge in [0.2, 0.25) is 0 Å². The van der Waals surface area contributed by atoms with E-state index in [2.05, 4.69) is 18.7 Å². The Kier molecular flexibility index (Phi) is 18.9. The van der Waals surface area contributed by atoms with Crippen molar-refractivity contribution in [3.63, 3.8) is 0 Å². The third-order valence-electron chi connectivity index (χ3n) is 5.64. The van der Waals surface area contributed by atoms with Crippen molar-refractivity contribution < 1.29 is 9.84 Å². The minimum atomic E-state index is -0.580. The Morgan fingerprint density at radius 1 is 0.867 bits per heavy atom. The molecule has 0 fully saturated rings. The number of hydrogen-bond donors (Lipinski definition) is 1. The standard InChI is InChI=1S/C25H44ClNO2.ClH/c1-4-6-8-10-12-14-18-27(19-15-13-11-9-7-5-2)21-24(28)23-20-22(26)16-17-25(23)29-3;/h16-17,20,24,28H,4-15,18-19,21H2,1-3H3;1H. The minimum Gasteiger partial charge on any atom is -0.496 e. The summed E-state index contributed by atoms with van der Waals surface area (Å²) in [5.41, 5.74) is 0.788. The maximum absolute atomic E-state index is 10.9. The Balaban J connectivity index is 0.00000841. The van der Waals surface area contributed by atoms with Crippen LogP contribution < -0.4 is 4.74 Å². The van der Waals surface area contributed by atoms with E-state index in [0.29, 0.717) is 17.3 Å². The molecule has 30 heavy (non-hydrogen) atoms. The van der Waals surface area contributed by atoms with Crippen LogP contribution in [0.3, 0.4) is 0 Å². The second-order valence-corrected chi connectivity index (χ2v) is 8.67. The van der Waals surface area contributed by atoms with Gasteiger partial charge in [0.25, 0.3) is 0 Å². The van der Waals surface area contributed by atoms with E-state index in [1.807, 2.05) is 12.1 Å². The topological polar surface area (TPSA) is 32.7 Å². The number of aliphatic hydroxyl groups excluding tert-OH is 1. The van der Waals surface area contributed by atoms with Crippen LogP contribution in [0.2, 0.25) is 5.02 Å². The first-order valence-corrected chi connectivity index (χ1v) is 12.2. The summed E-state index contributed by atoms with van der Waals surface area (Å²) in [5.74, 6) is 0.709. The van der Waals surface area contributed by atoms with Crippen LogP contribution in [0.5, 0.6) is 5.75 Å². The van der Waals surface area contributed by atoms with Crippen LogP contribution in [0.25, 0.3) is 0 Å². The molecule has 0 heterocycles. The smallest absolute Gasteiger partial charge is 0.124 e. The highest BCUT2D eigenvalue weighted by atomic mass is 35.5. The van der Waals surface area contributed by atoms with Gasteiger partial charge in [-0.15, -0.1) is 12.4 Å². The summed E-state index contributed by atoms with van der Waals surface area (Å²) in [6, 6.07) is 5.48. The molecule has 1 aromatic rings. The number of rotatable bonds is 18. The van der Waals surface area contributed by atoms with E-state index >= 15 is 0 Å². The third kappa shape index (κ3) is 13.0. The molecule has 1 rings (SSSR count). The van der Waals surface area contributed by atoms with Crippen LogP contribution in [-0.2, 0) is 0 Å². The molecule has 0 bridgehead atoms. The van der Waals surface area contributed by atoms with Gasteiger partial charge < -0.3 is 14.7 Å². The van der Waals surface area contributed by atoms with Crippen LogP contribution in [0.15, 0.2) is 18.2 Å². The first-order chi connectivity index (χ1) is 14.1. The molecular weight excluding hydrogens is 417 g/mol. The molecule has 176 valence electrons. The molecule has 0 saturated carbocycles. The molecule has 1 aromatic carbocycles. The van der Waals surface area contributed by atoms with Gasteiger partial charge in [-0.1, -0.05) is 89.7 Å². The van der Waals surface area contributed by atoms with E-state index in [0.717, 1.165) is 18.7 Å². The van der Waals surface area contributed by atoms with Gasteiger partial charge in [0.15, 0.2) is 0 Å². The van der Waals surface area contributed by atoms with Gasteiger partial charge in [-0.2, -0.15) is 0 Å². The predicted octanol–water partition coefficient (Wildman–Crippen LogP) is 7.83. The molecule has 1 N–H and O–H groups in total. The number of aliphatic hydroxyl groups is 1. The maximum atomic E-state index is 10.9. The summed E-state index contributed by atoms with van der Waals surface area (Å²) in [6.07, 6.45) is 15.0. The monoisotopic (exact) mass is 461 g/mol. The summed E-state index contributed by atoms with van der Waals surface area (Å²) in [7, 11) is 1.64. The van der Waals surface area contributed by atoms with E-state index in [-0.39, 0.29) is 12.4 Å².